The number of halogens is 1. The number of hydrogen-bond donors (Lipinski definition) is 1. The molecule has 0 spiro atoms. The minimum atomic E-state index is -0.369. The molecule has 2 aromatic carbocycles. The van der Waals surface area contributed by atoms with Gasteiger partial charge in [-0.3, -0.25) is 0 Å². The Bertz CT molecular complexity index is 599. The molecule has 0 unspecified atom stereocenters. The Morgan fingerprint density at radius 3 is 2.48 bits per heavy atom. The van der Waals surface area contributed by atoms with Crippen LogP contribution < -0.4 is 5.32 Å². The molecule has 0 aliphatic heterocycles. The molecule has 0 aliphatic rings. The maximum atomic E-state index is 13.2. The third-order valence-electron chi connectivity index (χ3n) is 3.16. The Balaban J connectivity index is 2.09. The molecule has 0 aromatic heterocycles. The average molecular weight is 286 g/mol. The first kappa shape index (κ1) is 15.0. The van der Waals surface area contributed by atoms with Crippen LogP contribution in [0.4, 0.5) is 14.9 Å². The fourth-order valence-electron chi connectivity index (χ4n) is 2.03. The lowest BCUT2D eigenvalue weighted by atomic mass is 10.2. The SMILES string of the molecule is CC(C)N(Cc1ccccc1)C(=O)Nc1cccc(F)c1. The Labute approximate surface area is 124 Å². The van der Waals surface area contributed by atoms with Crippen LogP contribution in [-0.4, -0.2) is 17.0 Å². The van der Waals surface area contributed by atoms with Gasteiger partial charge in [0.25, 0.3) is 0 Å². The maximum Gasteiger partial charge on any atom is 0.322 e. The molecule has 0 aliphatic carbocycles. The molecule has 4 heteroatoms. The van der Waals surface area contributed by atoms with E-state index in [0.29, 0.717) is 12.2 Å². The third-order valence-corrected chi connectivity index (χ3v) is 3.16. The highest BCUT2D eigenvalue weighted by atomic mass is 19.1. The van der Waals surface area contributed by atoms with Crippen LogP contribution in [-0.2, 0) is 6.54 Å². The number of anilines is 1. The summed E-state index contributed by atoms with van der Waals surface area (Å²) in [6.45, 7) is 4.42. The van der Waals surface area contributed by atoms with Crippen molar-refractivity contribution in [2.24, 2.45) is 0 Å². The van der Waals surface area contributed by atoms with E-state index in [-0.39, 0.29) is 17.9 Å². The van der Waals surface area contributed by atoms with Crippen molar-refractivity contribution in [3.05, 3.63) is 66.0 Å². The fraction of sp³-hybridized carbons (Fsp3) is 0.235. The first-order valence-electron chi connectivity index (χ1n) is 6.93. The van der Waals surface area contributed by atoms with E-state index in [1.54, 1.807) is 17.0 Å². The molecule has 0 saturated heterocycles. The van der Waals surface area contributed by atoms with Crippen LogP contribution in [0, 0.1) is 5.82 Å². The highest BCUT2D eigenvalue weighted by Gasteiger charge is 2.17. The van der Waals surface area contributed by atoms with Gasteiger partial charge >= 0.3 is 6.03 Å². The zero-order valence-corrected chi connectivity index (χ0v) is 12.2. The lowest BCUT2D eigenvalue weighted by Gasteiger charge is -2.27. The molecule has 0 heterocycles. The Morgan fingerprint density at radius 1 is 1.14 bits per heavy atom. The van der Waals surface area contributed by atoms with Crippen LogP contribution >= 0.6 is 0 Å². The summed E-state index contributed by atoms with van der Waals surface area (Å²) in [6.07, 6.45) is 0. The number of carbonyl (C=O) groups excluding carboxylic acids is 1. The van der Waals surface area contributed by atoms with Gasteiger partial charge in [-0.05, 0) is 37.6 Å². The fourth-order valence-corrected chi connectivity index (χ4v) is 2.03. The largest absolute Gasteiger partial charge is 0.322 e. The zero-order valence-electron chi connectivity index (χ0n) is 12.2. The van der Waals surface area contributed by atoms with Gasteiger partial charge in [0.05, 0.1) is 0 Å². The van der Waals surface area contributed by atoms with E-state index in [2.05, 4.69) is 5.32 Å². The molecule has 2 aromatic rings. The van der Waals surface area contributed by atoms with E-state index in [0.717, 1.165) is 5.56 Å². The number of rotatable bonds is 4. The van der Waals surface area contributed by atoms with Crippen LogP contribution in [0.15, 0.2) is 54.6 Å². The van der Waals surface area contributed by atoms with E-state index in [4.69, 9.17) is 0 Å². The minimum Gasteiger partial charge on any atom is -0.318 e. The number of amides is 2. The molecular formula is C17H19FN2O. The molecule has 0 fully saturated rings. The van der Waals surface area contributed by atoms with Crippen molar-refractivity contribution in [3.63, 3.8) is 0 Å². The number of nitrogens with zero attached hydrogens (tertiary/aromatic N) is 1. The number of nitrogens with one attached hydrogen (secondary N) is 1. The van der Waals surface area contributed by atoms with Gasteiger partial charge in [-0.25, -0.2) is 9.18 Å². The summed E-state index contributed by atoms with van der Waals surface area (Å²) in [5, 5.41) is 2.73. The molecule has 110 valence electrons. The summed E-state index contributed by atoms with van der Waals surface area (Å²) in [4.78, 5) is 14.1. The Hall–Kier alpha value is -2.36. The minimum absolute atomic E-state index is 0.0405. The van der Waals surface area contributed by atoms with Crippen LogP contribution in [0.3, 0.4) is 0 Å². The zero-order chi connectivity index (χ0) is 15.2. The summed E-state index contributed by atoms with van der Waals surface area (Å²) < 4.78 is 13.2. The first-order valence-corrected chi connectivity index (χ1v) is 6.93. The monoisotopic (exact) mass is 286 g/mol. The van der Waals surface area contributed by atoms with Crippen LogP contribution in [0.5, 0.6) is 0 Å². The lowest BCUT2D eigenvalue weighted by Crippen LogP contribution is -2.39. The molecule has 1 N–H and O–H groups in total. The van der Waals surface area contributed by atoms with E-state index in [9.17, 15) is 9.18 Å². The molecule has 2 rings (SSSR count). The van der Waals surface area contributed by atoms with Crippen molar-refractivity contribution < 1.29 is 9.18 Å². The third kappa shape index (κ3) is 4.31. The number of hydrogen-bond acceptors (Lipinski definition) is 1. The Kier molecular flexibility index (Phi) is 4.93. The van der Waals surface area contributed by atoms with Crippen molar-refractivity contribution in [1.29, 1.82) is 0 Å². The topological polar surface area (TPSA) is 32.3 Å². The number of carbonyl (C=O) groups is 1. The average Bonchev–Trinajstić information content (AvgIpc) is 2.45. The molecule has 0 saturated carbocycles. The van der Waals surface area contributed by atoms with Crippen LogP contribution in [0.1, 0.15) is 19.4 Å². The van der Waals surface area contributed by atoms with Gasteiger partial charge in [-0.1, -0.05) is 36.4 Å². The summed E-state index contributed by atoms with van der Waals surface area (Å²) >= 11 is 0. The van der Waals surface area contributed by atoms with Crippen LogP contribution in [0.2, 0.25) is 0 Å². The number of benzene rings is 2. The highest BCUT2D eigenvalue weighted by Crippen LogP contribution is 2.13. The van der Waals surface area contributed by atoms with Crippen molar-refractivity contribution in [1.82, 2.24) is 4.90 Å². The van der Waals surface area contributed by atoms with Crippen molar-refractivity contribution in [3.8, 4) is 0 Å². The van der Waals surface area contributed by atoms with Gasteiger partial charge in [0.2, 0.25) is 0 Å². The second kappa shape index (κ2) is 6.88. The van der Waals surface area contributed by atoms with Gasteiger partial charge in [0, 0.05) is 18.3 Å². The lowest BCUT2D eigenvalue weighted by molar-refractivity contribution is 0.193. The summed E-state index contributed by atoms with van der Waals surface area (Å²) in [5.74, 6) is -0.369. The molecular weight excluding hydrogens is 267 g/mol. The second-order valence-electron chi connectivity index (χ2n) is 5.15. The van der Waals surface area contributed by atoms with E-state index >= 15 is 0 Å². The van der Waals surface area contributed by atoms with Gasteiger partial charge < -0.3 is 10.2 Å². The predicted molar refractivity (Wildman–Crippen MR) is 82.5 cm³/mol. The van der Waals surface area contributed by atoms with Gasteiger partial charge in [0.1, 0.15) is 5.82 Å². The van der Waals surface area contributed by atoms with E-state index in [1.807, 2.05) is 44.2 Å². The highest BCUT2D eigenvalue weighted by molar-refractivity contribution is 5.89. The smallest absolute Gasteiger partial charge is 0.318 e. The summed E-state index contributed by atoms with van der Waals surface area (Å²) in [7, 11) is 0. The molecule has 0 atom stereocenters. The molecule has 3 nitrogen and oxygen atoms in total. The number of urea groups is 1. The van der Waals surface area contributed by atoms with E-state index in [1.165, 1.54) is 12.1 Å². The standard InChI is InChI=1S/C17H19FN2O/c1-13(2)20(12-14-7-4-3-5-8-14)17(21)19-16-10-6-9-15(18)11-16/h3-11,13H,12H2,1-2H3,(H,19,21). The summed E-state index contributed by atoms with van der Waals surface area (Å²) in [6, 6.07) is 15.5. The molecule has 2 amide bonds. The predicted octanol–water partition coefficient (Wildman–Crippen LogP) is 4.27. The normalized spacial score (nSPS) is 10.5. The van der Waals surface area contributed by atoms with E-state index < -0.39 is 0 Å². The second-order valence-corrected chi connectivity index (χ2v) is 5.15. The van der Waals surface area contributed by atoms with Gasteiger partial charge in [-0.2, -0.15) is 0 Å². The maximum absolute atomic E-state index is 13.2. The summed E-state index contributed by atoms with van der Waals surface area (Å²) in [5.41, 5.74) is 1.51. The van der Waals surface area contributed by atoms with Crippen molar-refractivity contribution in [2.45, 2.75) is 26.4 Å². The molecule has 0 bridgehead atoms. The molecule has 0 radical (unpaired) electrons. The first-order chi connectivity index (χ1) is 10.1. The quantitative estimate of drug-likeness (QED) is 0.894. The van der Waals surface area contributed by atoms with Crippen molar-refractivity contribution in [2.75, 3.05) is 5.32 Å². The molecule has 21 heavy (non-hydrogen) atoms. The van der Waals surface area contributed by atoms with Crippen LogP contribution in [0.25, 0.3) is 0 Å². The Morgan fingerprint density at radius 2 is 1.86 bits per heavy atom. The van der Waals surface area contributed by atoms with Gasteiger partial charge in [-0.15, -0.1) is 0 Å². The van der Waals surface area contributed by atoms with Gasteiger partial charge in [0.15, 0.2) is 0 Å². The van der Waals surface area contributed by atoms with Crippen molar-refractivity contribution >= 4 is 11.7 Å².